The van der Waals surface area contributed by atoms with Gasteiger partial charge in [0.15, 0.2) is 11.6 Å². The molecule has 0 fully saturated rings. The minimum Gasteiger partial charge on any atom is -0.492 e. The number of hydrogen-bond donors (Lipinski definition) is 0. The van der Waals surface area contributed by atoms with E-state index in [0.717, 1.165) is 25.7 Å². The molecule has 340 valence electrons. The van der Waals surface area contributed by atoms with Crippen LogP contribution in [-0.2, 0) is 0 Å². The van der Waals surface area contributed by atoms with Crippen molar-refractivity contribution in [2.75, 3.05) is 13.2 Å². The highest BCUT2D eigenvalue weighted by atomic mass is 79.9. The Balaban J connectivity index is 1.27. The van der Waals surface area contributed by atoms with Crippen LogP contribution in [0.3, 0.4) is 0 Å². The van der Waals surface area contributed by atoms with Crippen molar-refractivity contribution in [2.24, 2.45) is 0 Å². The summed E-state index contributed by atoms with van der Waals surface area (Å²) in [5.41, 5.74) is 1.50. The van der Waals surface area contributed by atoms with Gasteiger partial charge in [-0.25, -0.2) is 0 Å². The van der Waals surface area contributed by atoms with Crippen LogP contribution in [0.2, 0.25) is 0 Å². The number of ketones is 2. The second-order valence-electron chi connectivity index (χ2n) is 18.0. The van der Waals surface area contributed by atoms with E-state index >= 15 is 0 Å². The first-order valence-corrected chi connectivity index (χ1v) is 27.1. The van der Waals surface area contributed by atoms with E-state index in [9.17, 15) is 9.59 Å². The number of hydrogen-bond acceptors (Lipinski definition) is 4. The third-order valence-corrected chi connectivity index (χ3v) is 13.9. The smallest absolute Gasteiger partial charge is 0.198 e. The number of fused-ring (bicyclic) bond motifs is 2. The molecule has 1 aliphatic rings. The number of unbranched alkanes of at least 4 members (excludes halogenated alkanes) is 34. The first-order chi connectivity index (χ1) is 29.5. The first-order valence-electron chi connectivity index (χ1n) is 25.5. The van der Waals surface area contributed by atoms with Crippen LogP contribution in [0, 0.1) is 0 Å². The molecule has 0 aromatic heterocycles. The summed E-state index contributed by atoms with van der Waals surface area (Å²) in [6, 6.07) is 7.15. The Bertz CT molecular complexity index is 1330. The Hall–Kier alpha value is -1.66. The molecule has 0 saturated carbocycles. The van der Waals surface area contributed by atoms with Crippen LogP contribution in [0.15, 0.2) is 33.2 Å². The normalized spacial score (nSPS) is 12.3. The average Bonchev–Trinajstić information content (AvgIpc) is 3.25. The molecule has 60 heavy (non-hydrogen) atoms. The van der Waals surface area contributed by atoms with Crippen LogP contribution in [0.1, 0.15) is 277 Å². The molecule has 3 rings (SSSR count). The van der Waals surface area contributed by atoms with Crippen molar-refractivity contribution >= 4 is 43.4 Å². The second kappa shape index (κ2) is 34.8. The zero-order valence-electron chi connectivity index (χ0n) is 38.6. The van der Waals surface area contributed by atoms with E-state index in [1.54, 1.807) is 12.1 Å². The molecule has 4 nitrogen and oxygen atoms in total. The molecule has 0 saturated heterocycles. The van der Waals surface area contributed by atoms with Gasteiger partial charge in [0.1, 0.15) is 11.5 Å². The third-order valence-electron chi connectivity index (χ3n) is 12.7. The number of benzene rings is 2. The monoisotopic (exact) mass is 956 g/mol. The van der Waals surface area contributed by atoms with E-state index in [1.165, 1.54) is 205 Å². The van der Waals surface area contributed by atoms with Crippen molar-refractivity contribution in [3.8, 4) is 11.5 Å². The number of carbonyl (C=O) groups is 2. The molecule has 0 N–H and O–H groups in total. The van der Waals surface area contributed by atoms with Crippen molar-refractivity contribution < 1.29 is 19.1 Å². The van der Waals surface area contributed by atoms with Crippen molar-refractivity contribution in [1.82, 2.24) is 0 Å². The lowest BCUT2D eigenvalue weighted by Gasteiger charge is -2.23. The Kier molecular flexibility index (Phi) is 30.5. The summed E-state index contributed by atoms with van der Waals surface area (Å²) in [5, 5.41) is 0. The fraction of sp³-hybridized carbons (Fsp3) is 0.741. The molecule has 0 unspecified atom stereocenters. The van der Waals surface area contributed by atoms with Gasteiger partial charge in [0.25, 0.3) is 0 Å². The molecule has 2 aromatic rings. The number of ether oxygens (including phenoxy) is 2. The topological polar surface area (TPSA) is 52.6 Å². The number of halogens is 2. The molecule has 0 bridgehead atoms. The summed E-state index contributed by atoms with van der Waals surface area (Å²) < 4.78 is 13.9. The highest BCUT2D eigenvalue weighted by molar-refractivity contribution is 9.11. The lowest BCUT2D eigenvalue weighted by atomic mass is 9.83. The van der Waals surface area contributed by atoms with Gasteiger partial charge in [-0.1, -0.05) is 232 Å². The zero-order valence-corrected chi connectivity index (χ0v) is 41.7. The van der Waals surface area contributed by atoms with Gasteiger partial charge in [-0.15, -0.1) is 0 Å². The maximum absolute atomic E-state index is 14.0. The Morgan fingerprint density at radius 2 is 0.550 bits per heavy atom. The fourth-order valence-electron chi connectivity index (χ4n) is 8.85. The van der Waals surface area contributed by atoms with Crippen molar-refractivity contribution in [3.63, 3.8) is 0 Å². The van der Waals surface area contributed by atoms with Crippen LogP contribution in [0.5, 0.6) is 11.5 Å². The van der Waals surface area contributed by atoms with Gasteiger partial charge < -0.3 is 9.47 Å². The van der Waals surface area contributed by atoms with Crippen molar-refractivity contribution in [3.05, 3.63) is 55.5 Å². The van der Waals surface area contributed by atoms with Crippen molar-refractivity contribution in [1.29, 1.82) is 0 Å². The molecule has 0 amide bonds. The van der Waals surface area contributed by atoms with Gasteiger partial charge in [-0.05, 0) is 69.0 Å². The summed E-state index contributed by atoms with van der Waals surface area (Å²) >= 11 is 7.24. The van der Waals surface area contributed by atoms with E-state index < -0.39 is 0 Å². The zero-order chi connectivity index (χ0) is 42.9. The number of carbonyl (C=O) groups excluding carboxylic acids is 2. The highest BCUT2D eigenvalue weighted by Gasteiger charge is 2.36. The van der Waals surface area contributed by atoms with E-state index in [1.807, 2.05) is 12.1 Å². The van der Waals surface area contributed by atoms with Gasteiger partial charge in [-0.2, -0.15) is 0 Å². The van der Waals surface area contributed by atoms with Crippen LogP contribution in [-0.4, -0.2) is 24.8 Å². The van der Waals surface area contributed by atoms with Crippen LogP contribution in [0.25, 0.3) is 0 Å². The first kappa shape index (κ1) is 52.7. The molecular weight excluding hydrogens is 872 g/mol. The Labute approximate surface area is 385 Å². The molecule has 0 aliphatic heterocycles. The van der Waals surface area contributed by atoms with E-state index in [-0.39, 0.29) is 11.6 Å². The summed E-state index contributed by atoms with van der Waals surface area (Å²) in [6.45, 7) is 5.62. The van der Waals surface area contributed by atoms with E-state index in [2.05, 4.69) is 45.7 Å². The predicted octanol–water partition coefficient (Wildman–Crippen LogP) is 18.8. The van der Waals surface area contributed by atoms with Crippen LogP contribution < -0.4 is 9.47 Å². The lowest BCUT2D eigenvalue weighted by Crippen LogP contribution is -2.23. The maximum Gasteiger partial charge on any atom is 0.198 e. The molecule has 2 aromatic carbocycles. The number of rotatable bonds is 40. The molecule has 0 atom stereocenters. The summed E-state index contributed by atoms with van der Waals surface area (Å²) in [6.07, 6.45) is 48.1. The predicted molar refractivity (Wildman–Crippen MR) is 264 cm³/mol. The Morgan fingerprint density at radius 3 is 0.783 bits per heavy atom. The summed E-state index contributed by atoms with van der Waals surface area (Å²) in [5.74, 6) is 0.596. The average molecular weight is 959 g/mol. The molecule has 6 heteroatoms. The third kappa shape index (κ3) is 21.1. The van der Waals surface area contributed by atoms with E-state index in [4.69, 9.17) is 9.47 Å². The molecule has 0 spiro atoms. The summed E-state index contributed by atoms with van der Waals surface area (Å²) in [4.78, 5) is 28.0. The standard InChI is InChI=1S/C54H86Br2O4/c1-3-5-7-9-11-13-15-17-19-21-23-25-27-29-31-33-35-37-43-59-53-47(55)41-39-45-49(53)51(57)46-40-42-48(56)54(50(46)52(45)58)60-44-38-36-34-32-30-28-26-24-22-20-18-16-14-12-10-8-6-4-2/h39-42H,3-38,43-44H2,1-2H3. The highest BCUT2D eigenvalue weighted by Crippen LogP contribution is 2.43. The molecule has 0 heterocycles. The molecular formula is C54H86Br2O4. The van der Waals surface area contributed by atoms with Gasteiger partial charge >= 0.3 is 0 Å². The van der Waals surface area contributed by atoms with E-state index in [0.29, 0.717) is 55.9 Å². The van der Waals surface area contributed by atoms with Gasteiger partial charge in [0.2, 0.25) is 0 Å². The van der Waals surface area contributed by atoms with Crippen molar-refractivity contribution in [2.45, 2.75) is 245 Å². The lowest BCUT2D eigenvalue weighted by molar-refractivity contribution is 0.0971. The maximum atomic E-state index is 14.0. The fourth-order valence-corrected chi connectivity index (χ4v) is 9.74. The summed E-state index contributed by atoms with van der Waals surface area (Å²) in [7, 11) is 0. The second-order valence-corrected chi connectivity index (χ2v) is 19.7. The SMILES string of the molecule is CCCCCCCCCCCCCCCCCCCCOc1c(Br)ccc2c1C(=O)c1ccc(Br)c(OCCCCCCCCCCCCCCCCCCCC)c1C2=O. The van der Waals surface area contributed by atoms with Gasteiger partial charge in [0.05, 0.1) is 33.3 Å². The largest absolute Gasteiger partial charge is 0.492 e. The van der Waals surface area contributed by atoms with Gasteiger partial charge in [0, 0.05) is 11.1 Å². The Morgan fingerprint density at radius 1 is 0.333 bits per heavy atom. The minimum absolute atomic E-state index is 0.181. The van der Waals surface area contributed by atoms with Gasteiger partial charge in [-0.3, -0.25) is 9.59 Å². The molecule has 0 radical (unpaired) electrons. The van der Waals surface area contributed by atoms with Crippen LogP contribution >= 0.6 is 31.9 Å². The minimum atomic E-state index is -0.181. The quantitative estimate of drug-likeness (QED) is 0.0533. The molecule has 1 aliphatic carbocycles. The van der Waals surface area contributed by atoms with Crippen LogP contribution in [0.4, 0.5) is 0 Å².